The van der Waals surface area contributed by atoms with Gasteiger partial charge >= 0.3 is 5.97 Å². The highest BCUT2D eigenvalue weighted by molar-refractivity contribution is 5.92. The molecule has 0 radical (unpaired) electrons. The number of esters is 1. The molecule has 0 bridgehead atoms. The maximum absolute atomic E-state index is 12.0. The number of benzene rings is 2. The summed E-state index contributed by atoms with van der Waals surface area (Å²) in [7, 11) is 0. The predicted octanol–water partition coefficient (Wildman–Crippen LogP) is 4.20. The monoisotopic (exact) mass is 297 g/mol. The van der Waals surface area contributed by atoms with Crippen LogP contribution in [-0.4, -0.2) is 19.1 Å². The van der Waals surface area contributed by atoms with E-state index in [-0.39, 0.29) is 5.97 Å². The van der Waals surface area contributed by atoms with Crippen LogP contribution in [0.4, 0.5) is 5.69 Å². The van der Waals surface area contributed by atoms with Crippen LogP contribution in [0.2, 0.25) is 0 Å². The highest BCUT2D eigenvalue weighted by atomic mass is 16.5. The minimum absolute atomic E-state index is 0.252. The zero-order valence-corrected chi connectivity index (χ0v) is 13.5. The van der Waals surface area contributed by atoms with E-state index in [0.29, 0.717) is 12.2 Å². The third kappa shape index (κ3) is 3.67. The first-order valence-electron chi connectivity index (χ1n) is 7.73. The fourth-order valence-electron chi connectivity index (χ4n) is 2.57. The van der Waals surface area contributed by atoms with Gasteiger partial charge in [-0.2, -0.15) is 0 Å². The Bertz CT molecular complexity index is 623. The molecule has 0 spiro atoms. The van der Waals surface area contributed by atoms with Crippen molar-refractivity contribution in [1.29, 1.82) is 0 Å². The Morgan fingerprint density at radius 3 is 2.41 bits per heavy atom. The number of carbonyl (C=O) groups is 1. The summed E-state index contributed by atoms with van der Waals surface area (Å²) >= 11 is 0. The molecule has 0 heterocycles. The molecule has 0 amide bonds. The Morgan fingerprint density at radius 1 is 1.05 bits per heavy atom. The summed E-state index contributed by atoms with van der Waals surface area (Å²) in [6.45, 7) is 8.02. The Hall–Kier alpha value is -2.29. The number of hydrogen-bond acceptors (Lipinski definition) is 3. The molecule has 2 aromatic rings. The molecular formula is C19H23NO2. The van der Waals surface area contributed by atoms with Crippen molar-refractivity contribution in [2.75, 3.05) is 18.1 Å². The van der Waals surface area contributed by atoms with Crippen molar-refractivity contribution in [2.24, 2.45) is 0 Å². The SMILES string of the molecule is CCOC(=O)c1cccc(N(CC)Cc2ccccc2)c1C. The molecular weight excluding hydrogens is 274 g/mol. The fraction of sp³-hybridized carbons (Fsp3) is 0.316. The van der Waals surface area contributed by atoms with Crippen LogP contribution in [-0.2, 0) is 11.3 Å². The molecule has 22 heavy (non-hydrogen) atoms. The lowest BCUT2D eigenvalue weighted by Gasteiger charge is -2.26. The van der Waals surface area contributed by atoms with Crippen molar-refractivity contribution in [1.82, 2.24) is 0 Å². The van der Waals surface area contributed by atoms with Crippen molar-refractivity contribution >= 4 is 11.7 Å². The average molecular weight is 297 g/mol. The first-order chi connectivity index (χ1) is 10.7. The molecule has 0 aliphatic heterocycles. The number of carbonyl (C=O) groups excluding carboxylic acids is 1. The van der Waals surface area contributed by atoms with E-state index < -0.39 is 0 Å². The molecule has 0 aliphatic rings. The normalized spacial score (nSPS) is 10.3. The maximum Gasteiger partial charge on any atom is 0.338 e. The molecule has 0 saturated carbocycles. The molecule has 0 N–H and O–H groups in total. The molecule has 0 saturated heterocycles. The molecule has 116 valence electrons. The Balaban J connectivity index is 2.29. The van der Waals surface area contributed by atoms with Crippen molar-refractivity contribution < 1.29 is 9.53 Å². The first-order valence-corrected chi connectivity index (χ1v) is 7.73. The fourth-order valence-corrected chi connectivity index (χ4v) is 2.57. The molecule has 0 unspecified atom stereocenters. The summed E-state index contributed by atoms with van der Waals surface area (Å²) in [6.07, 6.45) is 0. The van der Waals surface area contributed by atoms with Gasteiger partial charge in [-0.15, -0.1) is 0 Å². The van der Waals surface area contributed by atoms with Gasteiger partial charge in [-0.1, -0.05) is 36.4 Å². The van der Waals surface area contributed by atoms with Crippen LogP contribution in [0.25, 0.3) is 0 Å². The van der Waals surface area contributed by atoms with Crippen LogP contribution in [0.15, 0.2) is 48.5 Å². The largest absolute Gasteiger partial charge is 0.462 e. The van der Waals surface area contributed by atoms with Crippen molar-refractivity contribution in [3.8, 4) is 0 Å². The molecule has 0 aliphatic carbocycles. The predicted molar refractivity (Wildman–Crippen MR) is 90.3 cm³/mol. The van der Waals surface area contributed by atoms with Gasteiger partial charge in [0.2, 0.25) is 0 Å². The van der Waals surface area contributed by atoms with Gasteiger partial charge in [0.25, 0.3) is 0 Å². The summed E-state index contributed by atoms with van der Waals surface area (Å²) in [6, 6.07) is 16.2. The quantitative estimate of drug-likeness (QED) is 0.748. The van der Waals surface area contributed by atoms with Crippen molar-refractivity contribution in [2.45, 2.75) is 27.3 Å². The van der Waals surface area contributed by atoms with Crippen molar-refractivity contribution in [3.63, 3.8) is 0 Å². The lowest BCUT2D eigenvalue weighted by molar-refractivity contribution is 0.0525. The topological polar surface area (TPSA) is 29.5 Å². The summed E-state index contributed by atoms with van der Waals surface area (Å²) in [5.74, 6) is -0.252. The van der Waals surface area contributed by atoms with Crippen LogP contribution in [0.3, 0.4) is 0 Å². The van der Waals surface area contributed by atoms with Gasteiger partial charge in [-0.25, -0.2) is 4.79 Å². The lowest BCUT2D eigenvalue weighted by Crippen LogP contribution is -2.23. The van der Waals surface area contributed by atoms with E-state index in [9.17, 15) is 4.79 Å². The van der Waals surface area contributed by atoms with E-state index in [1.807, 2.05) is 44.2 Å². The van der Waals surface area contributed by atoms with Crippen LogP contribution in [0, 0.1) is 6.92 Å². The number of nitrogens with zero attached hydrogens (tertiary/aromatic N) is 1. The molecule has 3 heteroatoms. The third-order valence-electron chi connectivity index (χ3n) is 3.74. The smallest absolute Gasteiger partial charge is 0.338 e. The summed E-state index contributed by atoms with van der Waals surface area (Å²) in [4.78, 5) is 14.3. The van der Waals surface area contributed by atoms with Gasteiger partial charge in [-0.05, 0) is 44.0 Å². The second kappa shape index (κ2) is 7.64. The van der Waals surface area contributed by atoms with E-state index in [4.69, 9.17) is 4.74 Å². The number of rotatable bonds is 6. The summed E-state index contributed by atoms with van der Waals surface area (Å²) < 4.78 is 5.14. The number of ether oxygens (including phenoxy) is 1. The average Bonchev–Trinajstić information content (AvgIpc) is 2.54. The Labute approximate surface area is 132 Å². The molecule has 2 rings (SSSR count). The zero-order chi connectivity index (χ0) is 15.9. The van der Waals surface area contributed by atoms with Crippen LogP contribution >= 0.6 is 0 Å². The molecule has 3 nitrogen and oxygen atoms in total. The minimum Gasteiger partial charge on any atom is -0.462 e. The van der Waals surface area contributed by atoms with Gasteiger partial charge in [0, 0.05) is 18.8 Å². The van der Waals surface area contributed by atoms with E-state index in [2.05, 4.69) is 30.0 Å². The second-order valence-corrected chi connectivity index (χ2v) is 5.17. The summed E-state index contributed by atoms with van der Waals surface area (Å²) in [5, 5.41) is 0. The van der Waals surface area contributed by atoms with E-state index in [1.54, 1.807) is 0 Å². The van der Waals surface area contributed by atoms with E-state index in [0.717, 1.165) is 24.3 Å². The Kier molecular flexibility index (Phi) is 5.59. The Morgan fingerprint density at radius 2 is 1.77 bits per heavy atom. The van der Waals surface area contributed by atoms with Crippen molar-refractivity contribution in [3.05, 3.63) is 65.2 Å². The lowest BCUT2D eigenvalue weighted by atomic mass is 10.1. The van der Waals surface area contributed by atoms with Crippen LogP contribution in [0.1, 0.15) is 35.3 Å². The highest BCUT2D eigenvalue weighted by Gasteiger charge is 2.15. The standard InChI is InChI=1S/C19H23NO2/c1-4-20(14-16-10-7-6-8-11-16)18-13-9-12-17(15(18)3)19(21)22-5-2/h6-13H,4-5,14H2,1-3H3. The van der Waals surface area contributed by atoms with Gasteiger partial charge in [-0.3, -0.25) is 0 Å². The maximum atomic E-state index is 12.0. The zero-order valence-electron chi connectivity index (χ0n) is 13.5. The number of anilines is 1. The highest BCUT2D eigenvalue weighted by Crippen LogP contribution is 2.25. The second-order valence-electron chi connectivity index (χ2n) is 5.17. The number of hydrogen-bond donors (Lipinski definition) is 0. The molecule has 0 atom stereocenters. The van der Waals surface area contributed by atoms with E-state index in [1.165, 1.54) is 5.56 Å². The molecule has 2 aromatic carbocycles. The third-order valence-corrected chi connectivity index (χ3v) is 3.74. The minimum atomic E-state index is -0.252. The van der Waals surface area contributed by atoms with Crippen LogP contribution < -0.4 is 4.90 Å². The molecule has 0 fully saturated rings. The van der Waals surface area contributed by atoms with Gasteiger partial charge in [0.05, 0.1) is 12.2 Å². The van der Waals surface area contributed by atoms with Gasteiger partial charge < -0.3 is 9.64 Å². The first kappa shape index (κ1) is 16.1. The van der Waals surface area contributed by atoms with Crippen LogP contribution in [0.5, 0.6) is 0 Å². The van der Waals surface area contributed by atoms with E-state index >= 15 is 0 Å². The van der Waals surface area contributed by atoms with Gasteiger partial charge in [0.15, 0.2) is 0 Å². The van der Waals surface area contributed by atoms with Gasteiger partial charge in [0.1, 0.15) is 0 Å². The summed E-state index contributed by atoms with van der Waals surface area (Å²) in [5.41, 5.74) is 3.95. The molecule has 0 aromatic heterocycles.